The van der Waals surface area contributed by atoms with Gasteiger partial charge in [-0.15, -0.1) is 0 Å². The summed E-state index contributed by atoms with van der Waals surface area (Å²) in [7, 11) is 0. The van der Waals surface area contributed by atoms with Crippen molar-refractivity contribution in [2.24, 2.45) is 5.84 Å². The van der Waals surface area contributed by atoms with Crippen molar-refractivity contribution in [1.82, 2.24) is 4.98 Å². The van der Waals surface area contributed by atoms with Crippen molar-refractivity contribution in [3.05, 3.63) is 52.8 Å². The number of hydrogen-bond donors (Lipinski definition) is 3. The van der Waals surface area contributed by atoms with Crippen LogP contribution in [-0.4, -0.2) is 10.9 Å². The van der Waals surface area contributed by atoms with Gasteiger partial charge in [0.15, 0.2) is 0 Å². The first-order chi connectivity index (χ1) is 9.11. The summed E-state index contributed by atoms with van der Waals surface area (Å²) >= 11 is 5.91. The Hall–Kier alpha value is -2.11. The molecule has 1 aromatic heterocycles. The molecule has 19 heavy (non-hydrogen) atoms. The number of halogens is 1. The molecule has 0 saturated carbocycles. The lowest BCUT2D eigenvalue weighted by molar-refractivity contribution is 0.102. The number of hydrazine groups is 1. The number of nitrogens with zero attached hydrogens (tertiary/aromatic N) is 1. The molecular weight excluding hydrogens is 264 g/mol. The van der Waals surface area contributed by atoms with Crippen molar-refractivity contribution in [3.63, 3.8) is 0 Å². The molecule has 0 radical (unpaired) electrons. The normalized spacial score (nSPS) is 10.1. The van der Waals surface area contributed by atoms with Gasteiger partial charge >= 0.3 is 0 Å². The van der Waals surface area contributed by atoms with Gasteiger partial charge in [0.25, 0.3) is 5.91 Å². The van der Waals surface area contributed by atoms with E-state index in [9.17, 15) is 4.79 Å². The fourth-order valence-corrected chi connectivity index (χ4v) is 1.80. The standard InChI is InChI=1S/C13H13ClN4O/c1-8-2-3-9(14)6-11(8)17-13(19)10-4-5-16-7-12(10)18-15/h2-7,18H,15H2,1H3,(H,17,19). The Morgan fingerprint density at radius 3 is 2.84 bits per heavy atom. The Labute approximate surface area is 115 Å². The molecule has 4 N–H and O–H groups in total. The van der Waals surface area contributed by atoms with Crippen molar-refractivity contribution in [1.29, 1.82) is 0 Å². The van der Waals surface area contributed by atoms with Crippen molar-refractivity contribution in [3.8, 4) is 0 Å². The van der Waals surface area contributed by atoms with Gasteiger partial charge in [-0.1, -0.05) is 17.7 Å². The van der Waals surface area contributed by atoms with Crippen LogP contribution in [0, 0.1) is 6.92 Å². The number of nitrogens with one attached hydrogen (secondary N) is 2. The number of hydrogen-bond acceptors (Lipinski definition) is 4. The van der Waals surface area contributed by atoms with Gasteiger partial charge in [-0.2, -0.15) is 0 Å². The molecule has 5 nitrogen and oxygen atoms in total. The first-order valence-corrected chi connectivity index (χ1v) is 5.97. The van der Waals surface area contributed by atoms with Crippen LogP contribution in [-0.2, 0) is 0 Å². The summed E-state index contributed by atoms with van der Waals surface area (Å²) in [6, 6.07) is 6.90. The van der Waals surface area contributed by atoms with Gasteiger partial charge < -0.3 is 10.7 Å². The highest BCUT2D eigenvalue weighted by Gasteiger charge is 2.12. The average molecular weight is 277 g/mol. The number of nitrogens with two attached hydrogens (primary N) is 1. The number of amides is 1. The van der Waals surface area contributed by atoms with Crippen LogP contribution < -0.4 is 16.6 Å². The zero-order valence-electron chi connectivity index (χ0n) is 10.3. The number of rotatable bonds is 3. The van der Waals surface area contributed by atoms with Gasteiger partial charge in [-0.05, 0) is 30.7 Å². The van der Waals surface area contributed by atoms with Crippen molar-refractivity contribution in [2.45, 2.75) is 6.92 Å². The van der Waals surface area contributed by atoms with Gasteiger partial charge in [0.05, 0.1) is 17.4 Å². The highest BCUT2D eigenvalue weighted by atomic mass is 35.5. The maximum absolute atomic E-state index is 12.2. The lowest BCUT2D eigenvalue weighted by atomic mass is 10.1. The van der Waals surface area contributed by atoms with Crippen LogP contribution in [0.2, 0.25) is 5.02 Å². The molecule has 0 aliphatic heterocycles. The minimum absolute atomic E-state index is 0.277. The smallest absolute Gasteiger partial charge is 0.257 e. The highest BCUT2D eigenvalue weighted by molar-refractivity contribution is 6.31. The summed E-state index contributed by atoms with van der Waals surface area (Å²) in [5, 5.41) is 3.36. The lowest BCUT2D eigenvalue weighted by Gasteiger charge is -2.11. The largest absolute Gasteiger partial charge is 0.322 e. The molecule has 1 heterocycles. The number of anilines is 2. The zero-order valence-corrected chi connectivity index (χ0v) is 11.0. The van der Waals surface area contributed by atoms with Gasteiger partial charge in [-0.25, -0.2) is 0 Å². The van der Waals surface area contributed by atoms with Crippen LogP contribution in [0.1, 0.15) is 15.9 Å². The molecule has 0 spiro atoms. The third-order valence-corrected chi connectivity index (χ3v) is 2.90. The van der Waals surface area contributed by atoms with Gasteiger partial charge in [0, 0.05) is 16.9 Å². The van der Waals surface area contributed by atoms with E-state index in [4.69, 9.17) is 17.4 Å². The first-order valence-electron chi connectivity index (χ1n) is 5.60. The number of aromatic nitrogens is 1. The van der Waals surface area contributed by atoms with E-state index < -0.39 is 0 Å². The maximum atomic E-state index is 12.2. The molecule has 6 heteroatoms. The van der Waals surface area contributed by atoms with E-state index in [1.54, 1.807) is 18.2 Å². The second-order valence-corrected chi connectivity index (χ2v) is 4.42. The number of nitrogen functional groups attached to an aromatic ring is 1. The summed E-state index contributed by atoms with van der Waals surface area (Å²) in [4.78, 5) is 16.1. The van der Waals surface area contributed by atoms with Crippen LogP contribution >= 0.6 is 11.6 Å². The number of aryl methyl sites for hydroxylation is 1. The SMILES string of the molecule is Cc1ccc(Cl)cc1NC(=O)c1ccncc1NN. The minimum atomic E-state index is -0.277. The topological polar surface area (TPSA) is 80.0 Å². The first kappa shape index (κ1) is 13.3. The fraction of sp³-hybridized carbons (Fsp3) is 0.0769. The molecule has 98 valence electrons. The van der Waals surface area contributed by atoms with E-state index in [1.165, 1.54) is 12.4 Å². The highest BCUT2D eigenvalue weighted by Crippen LogP contribution is 2.22. The molecule has 0 unspecified atom stereocenters. The van der Waals surface area contributed by atoms with Crippen LogP contribution in [0.15, 0.2) is 36.7 Å². The lowest BCUT2D eigenvalue weighted by Crippen LogP contribution is -2.17. The average Bonchev–Trinajstić information content (AvgIpc) is 2.42. The number of pyridine rings is 1. The molecule has 2 rings (SSSR count). The quantitative estimate of drug-likeness (QED) is 0.595. The Kier molecular flexibility index (Phi) is 3.99. The second kappa shape index (κ2) is 5.69. The molecule has 2 aromatic rings. The van der Waals surface area contributed by atoms with E-state index in [-0.39, 0.29) is 5.91 Å². The molecule has 0 saturated heterocycles. The summed E-state index contributed by atoms with van der Waals surface area (Å²) < 4.78 is 0. The maximum Gasteiger partial charge on any atom is 0.257 e. The third-order valence-electron chi connectivity index (χ3n) is 2.67. The summed E-state index contributed by atoms with van der Waals surface area (Å²) in [5.74, 6) is 5.07. The minimum Gasteiger partial charge on any atom is -0.322 e. The van der Waals surface area contributed by atoms with Crippen molar-refractivity contribution in [2.75, 3.05) is 10.7 Å². The summed E-state index contributed by atoms with van der Waals surface area (Å²) in [6.45, 7) is 1.89. The zero-order chi connectivity index (χ0) is 13.8. The Morgan fingerprint density at radius 1 is 1.32 bits per heavy atom. The molecule has 0 fully saturated rings. The van der Waals surface area contributed by atoms with E-state index >= 15 is 0 Å². The van der Waals surface area contributed by atoms with Gasteiger partial charge in [-0.3, -0.25) is 15.6 Å². The number of carbonyl (C=O) groups is 1. The predicted octanol–water partition coefficient (Wildman–Crippen LogP) is 2.58. The van der Waals surface area contributed by atoms with Crippen molar-refractivity contribution < 1.29 is 4.79 Å². The van der Waals surface area contributed by atoms with E-state index in [0.717, 1.165) is 5.56 Å². The van der Waals surface area contributed by atoms with E-state index in [1.807, 2.05) is 13.0 Å². The summed E-state index contributed by atoms with van der Waals surface area (Å²) in [6.07, 6.45) is 3.01. The van der Waals surface area contributed by atoms with E-state index in [0.29, 0.717) is 22.0 Å². The predicted molar refractivity (Wildman–Crippen MR) is 76.2 cm³/mol. The molecule has 0 atom stereocenters. The Bertz CT molecular complexity index is 615. The molecule has 0 bridgehead atoms. The molecule has 1 amide bonds. The van der Waals surface area contributed by atoms with Crippen LogP contribution in [0.25, 0.3) is 0 Å². The van der Waals surface area contributed by atoms with Gasteiger partial charge in [0.2, 0.25) is 0 Å². The van der Waals surface area contributed by atoms with Crippen LogP contribution in [0.5, 0.6) is 0 Å². The number of carbonyl (C=O) groups excluding carboxylic acids is 1. The van der Waals surface area contributed by atoms with Crippen LogP contribution in [0.4, 0.5) is 11.4 Å². The fourth-order valence-electron chi connectivity index (χ4n) is 1.63. The Balaban J connectivity index is 2.28. The monoisotopic (exact) mass is 276 g/mol. The summed E-state index contributed by atoms with van der Waals surface area (Å²) in [5.41, 5.74) is 4.90. The molecule has 1 aromatic carbocycles. The third kappa shape index (κ3) is 3.01. The van der Waals surface area contributed by atoms with Gasteiger partial charge in [0.1, 0.15) is 0 Å². The Morgan fingerprint density at radius 2 is 2.11 bits per heavy atom. The molecule has 0 aliphatic rings. The second-order valence-electron chi connectivity index (χ2n) is 3.98. The number of benzene rings is 1. The van der Waals surface area contributed by atoms with Crippen molar-refractivity contribution >= 4 is 28.9 Å². The van der Waals surface area contributed by atoms with E-state index in [2.05, 4.69) is 15.7 Å². The molecular formula is C13H13ClN4O. The molecule has 0 aliphatic carbocycles. The van der Waals surface area contributed by atoms with Crippen LogP contribution in [0.3, 0.4) is 0 Å².